The Bertz CT molecular complexity index is 897. The van der Waals surface area contributed by atoms with Crippen LogP contribution in [0.5, 0.6) is 0 Å². The van der Waals surface area contributed by atoms with Gasteiger partial charge in [-0.15, -0.1) is 0 Å². The van der Waals surface area contributed by atoms with Gasteiger partial charge in [-0.3, -0.25) is 10.2 Å². The first kappa shape index (κ1) is 22.3. The summed E-state index contributed by atoms with van der Waals surface area (Å²) in [4.78, 5) is 24.6. The van der Waals surface area contributed by atoms with Gasteiger partial charge >= 0.3 is 5.97 Å². The van der Waals surface area contributed by atoms with Crippen molar-refractivity contribution in [3.8, 4) is 0 Å². The molecule has 0 saturated carbocycles. The highest BCUT2D eigenvalue weighted by Gasteiger charge is 2.22. The van der Waals surface area contributed by atoms with Crippen LogP contribution in [-0.4, -0.2) is 24.6 Å². The number of esters is 1. The molecule has 0 amide bonds. The van der Waals surface area contributed by atoms with E-state index in [-0.39, 0.29) is 16.9 Å². The second-order valence-corrected chi connectivity index (χ2v) is 9.05. The Hall–Kier alpha value is -2.95. The number of carbonyl (C=O) groups excluding carboxylic acids is 2. The number of carbonyl (C=O) groups is 2. The van der Waals surface area contributed by atoms with Crippen molar-refractivity contribution >= 4 is 23.2 Å². The molecule has 2 aromatic carbocycles. The minimum Gasteiger partial charge on any atom is -0.464 e. The van der Waals surface area contributed by atoms with Crippen molar-refractivity contribution in [2.75, 3.05) is 12.5 Å². The molecular formula is C24H30N2O3. The third-order valence-electron chi connectivity index (χ3n) is 4.53. The number of hydrogen-bond donors (Lipinski definition) is 1. The van der Waals surface area contributed by atoms with Crippen molar-refractivity contribution in [2.24, 2.45) is 10.5 Å². The van der Waals surface area contributed by atoms with E-state index in [1.54, 1.807) is 24.3 Å². The van der Waals surface area contributed by atoms with Crippen LogP contribution in [0.3, 0.4) is 0 Å². The van der Waals surface area contributed by atoms with Gasteiger partial charge < -0.3 is 4.74 Å². The van der Waals surface area contributed by atoms with E-state index < -0.39 is 11.4 Å². The van der Waals surface area contributed by atoms with Crippen LogP contribution in [0.1, 0.15) is 63.0 Å². The first-order valence-corrected chi connectivity index (χ1v) is 9.61. The van der Waals surface area contributed by atoms with E-state index in [4.69, 9.17) is 4.74 Å². The van der Waals surface area contributed by atoms with Gasteiger partial charge in [0.05, 0.1) is 12.8 Å². The first-order chi connectivity index (χ1) is 13.4. The molecule has 0 saturated heterocycles. The van der Waals surface area contributed by atoms with Crippen LogP contribution >= 0.6 is 0 Å². The molecular weight excluding hydrogens is 364 g/mol. The highest BCUT2D eigenvalue weighted by molar-refractivity contribution is 6.43. The minimum atomic E-state index is -0.527. The van der Waals surface area contributed by atoms with Crippen molar-refractivity contribution < 1.29 is 14.3 Å². The Balaban J connectivity index is 2.26. The molecule has 0 unspecified atom stereocenters. The second-order valence-electron chi connectivity index (χ2n) is 9.05. The van der Waals surface area contributed by atoms with Gasteiger partial charge in [0.2, 0.25) is 0 Å². The molecule has 0 aliphatic rings. The van der Waals surface area contributed by atoms with E-state index in [0.717, 1.165) is 5.56 Å². The molecule has 0 aliphatic carbocycles. The Kier molecular flexibility index (Phi) is 6.62. The number of nitrogens with one attached hydrogen (secondary N) is 1. The highest BCUT2D eigenvalue weighted by atomic mass is 16.5. The molecule has 0 aliphatic heterocycles. The molecule has 0 atom stereocenters. The highest BCUT2D eigenvalue weighted by Crippen LogP contribution is 2.23. The topological polar surface area (TPSA) is 67.8 Å². The molecule has 0 fully saturated rings. The van der Waals surface area contributed by atoms with Gasteiger partial charge in [0.25, 0.3) is 0 Å². The van der Waals surface area contributed by atoms with Crippen LogP contribution in [0.25, 0.3) is 0 Å². The molecule has 0 bridgehead atoms. The van der Waals surface area contributed by atoms with Crippen molar-refractivity contribution in [1.82, 2.24) is 0 Å². The average Bonchev–Trinajstić information content (AvgIpc) is 2.66. The van der Waals surface area contributed by atoms with Crippen molar-refractivity contribution in [2.45, 2.75) is 47.0 Å². The molecule has 0 heterocycles. The quantitative estimate of drug-likeness (QED) is 0.327. The van der Waals surface area contributed by atoms with E-state index in [9.17, 15) is 9.59 Å². The van der Waals surface area contributed by atoms with E-state index in [0.29, 0.717) is 16.8 Å². The number of benzene rings is 2. The standard InChI is InChI=1S/C24H30N2O3/c1-23(2,3)18-12-8-16(9-13-18)20(22(28)29-7)26-25-19-14-10-17(11-15-19)21(27)24(4,5)6/h8-15,25H,1-7H3/b26-20+. The Morgan fingerprint density at radius 2 is 1.34 bits per heavy atom. The van der Waals surface area contributed by atoms with Crippen molar-refractivity contribution in [1.29, 1.82) is 0 Å². The third kappa shape index (κ3) is 5.76. The summed E-state index contributed by atoms with van der Waals surface area (Å²) in [5.74, 6) is -0.456. The van der Waals surface area contributed by atoms with Gasteiger partial charge in [-0.25, -0.2) is 4.79 Å². The lowest BCUT2D eigenvalue weighted by Gasteiger charge is -2.19. The van der Waals surface area contributed by atoms with Crippen LogP contribution in [0.15, 0.2) is 53.6 Å². The summed E-state index contributed by atoms with van der Waals surface area (Å²) >= 11 is 0. The average molecular weight is 395 g/mol. The lowest BCUT2D eigenvalue weighted by atomic mass is 9.86. The number of anilines is 1. The maximum atomic E-state index is 12.3. The van der Waals surface area contributed by atoms with Gasteiger partial charge in [-0.05, 0) is 35.2 Å². The second kappa shape index (κ2) is 8.60. The summed E-state index contributed by atoms with van der Waals surface area (Å²) in [6, 6.07) is 14.7. The molecule has 29 heavy (non-hydrogen) atoms. The Morgan fingerprint density at radius 1 is 0.828 bits per heavy atom. The molecule has 2 aromatic rings. The summed E-state index contributed by atoms with van der Waals surface area (Å²) in [5.41, 5.74) is 5.78. The van der Waals surface area contributed by atoms with Crippen LogP contribution < -0.4 is 5.43 Å². The third-order valence-corrected chi connectivity index (χ3v) is 4.53. The van der Waals surface area contributed by atoms with Gasteiger partial charge in [0, 0.05) is 16.5 Å². The van der Waals surface area contributed by atoms with Crippen molar-refractivity contribution in [3.63, 3.8) is 0 Å². The van der Waals surface area contributed by atoms with Crippen LogP contribution in [-0.2, 0) is 14.9 Å². The predicted molar refractivity (Wildman–Crippen MR) is 118 cm³/mol. The molecule has 1 N–H and O–H groups in total. The first-order valence-electron chi connectivity index (χ1n) is 9.61. The van der Waals surface area contributed by atoms with Crippen LogP contribution in [0, 0.1) is 5.41 Å². The van der Waals surface area contributed by atoms with Crippen LogP contribution in [0.4, 0.5) is 5.69 Å². The fourth-order valence-electron chi connectivity index (χ4n) is 2.70. The molecule has 154 valence electrons. The zero-order valence-electron chi connectivity index (χ0n) is 18.3. The number of nitrogens with zero attached hydrogens (tertiary/aromatic N) is 1. The molecule has 2 rings (SSSR count). The lowest BCUT2D eigenvalue weighted by Crippen LogP contribution is -2.20. The molecule has 5 nitrogen and oxygen atoms in total. The molecule has 0 spiro atoms. The summed E-state index contributed by atoms with van der Waals surface area (Å²) in [6.07, 6.45) is 0. The molecule has 0 radical (unpaired) electrons. The maximum absolute atomic E-state index is 12.3. The number of Topliss-reactive ketones (excluding diaryl/α,β-unsaturated/α-hetero) is 1. The van der Waals surface area contributed by atoms with E-state index in [2.05, 4.69) is 31.3 Å². The summed E-state index contributed by atoms with van der Waals surface area (Å²) < 4.78 is 4.89. The monoisotopic (exact) mass is 394 g/mol. The number of hydrazone groups is 1. The van der Waals surface area contributed by atoms with Crippen molar-refractivity contribution in [3.05, 3.63) is 65.2 Å². The maximum Gasteiger partial charge on any atom is 0.359 e. The number of rotatable bonds is 5. The predicted octanol–water partition coefficient (Wildman–Crippen LogP) is 5.20. The molecule has 5 heteroatoms. The van der Waals surface area contributed by atoms with E-state index >= 15 is 0 Å². The summed E-state index contributed by atoms with van der Waals surface area (Å²) in [6.45, 7) is 12.1. The van der Waals surface area contributed by atoms with Gasteiger partial charge in [0.15, 0.2) is 11.5 Å². The normalized spacial score (nSPS) is 12.4. The Labute approximate surface area is 173 Å². The van der Waals surface area contributed by atoms with Gasteiger partial charge in [0.1, 0.15) is 0 Å². The smallest absolute Gasteiger partial charge is 0.359 e. The van der Waals surface area contributed by atoms with E-state index in [1.165, 1.54) is 7.11 Å². The SMILES string of the molecule is COC(=O)/C(=N/Nc1ccc(C(=O)C(C)(C)C)cc1)c1ccc(C(C)(C)C)cc1. The Morgan fingerprint density at radius 3 is 1.79 bits per heavy atom. The fraction of sp³-hybridized carbons (Fsp3) is 0.375. The minimum absolute atomic E-state index is 0.0194. The summed E-state index contributed by atoms with van der Waals surface area (Å²) in [5, 5.41) is 4.26. The lowest BCUT2D eigenvalue weighted by molar-refractivity contribution is -0.132. The largest absolute Gasteiger partial charge is 0.464 e. The fourth-order valence-corrected chi connectivity index (χ4v) is 2.70. The zero-order chi connectivity index (χ0) is 21.8. The van der Waals surface area contributed by atoms with Crippen LogP contribution in [0.2, 0.25) is 0 Å². The number of hydrogen-bond acceptors (Lipinski definition) is 5. The van der Waals surface area contributed by atoms with Gasteiger partial charge in [-0.1, -0.05) is 65.8 Å². The number of ether oxygens (including phenoxy) is 1. The number of ketones is 1. The van der Waals surface area contributed by atoms with Gasteiger partial charge in [-0.2, -0.15) is 5.10 Å². The summed E-state index contributed by atoms with van der Waals surface area (Å²) in [7, 11) is 1.33. The van der Waals surface area contributed by atoms with E-state index in [1.807, 2.05) is 45.0 Å². The molecule has 0 aromatic heterocycles. The number of methoxy groups -OCH3 is 1. The zero-order valence-corrected chi connectivity index (χ0v) is 18.3.